The summed E-state index contributed by atoms with van der Waals surface area (Å²) in [5.41, 5.74) is 1.94. The zero-order chi connectivity index (χ0) is 43.5. The number of nitrogens with zero attached hydrogens (tertiary/aromatic N) is 7. The van der Waals surface area contributed by atoms with Gasteiger partial charge in [0.25, 0.3) is 20.0 Å². The zero-order valence-electron chi connectivity index (χ0n) is 32.0. The van der Waals surface area contributed by atoms with Crippen molar-refractivity contribution in [3.8, 4) is 5.75 Å². The average Bonchev–Trinajstić information content (AvgIpc) is 3.63. The highest BCUT2D eigenvalue weighted by molar-refractivity contribution is 7.91. The van der Waals surface area contributed by atoms with Crippen LogP contribution in [0.1, 0.15) is 22.3 Å². The molecule has 18 nitrogen and oxygen atoms in total. The number of likely N-dealkylation sites (N-methyl/N-ethyl adjacent to an activating group) is 1. The number of hydrogen-bond donors (Lipinski definition) is 2. The normalized spacial score (nSPS) is 16.7. The van der Waals surface area contributed by atoms with Gasteiger partial charge >= 0.3 is 26.2 Å². The van der Waals surface area contributed by atoms with E-state index in [1.165, 1.54) is 127 Å². The lowest BCUT2D eigenvalue weighted by atomic mass is 9.78. The van der Waals surface area contributed by atoms with Gasteiger partial charge < -0.3 is 24.1 Å². The minimum atomic E-state index is -4.10. The van der Waals surface area contributed by atoms with Gasteiger partial charge in [0.05, 0.1) is 32.6 Å². The topological polar surface area (TPSA) is 230 Å². The molecule has 0 saturated carbocycles. The number of methoxy groups -OCH3 is 1. The molecule has 4 aromatic rings. The van der Waals surface area contributed by atoms with Gasteiger partial charge in [0, 0.05) is 30.7 Å². The molecule has 4 aromatic carbocycles. The molecule has 310 valence electrons. The molecular formula is C36H33B2F2N7O11S2. The van der Waals surface area contributed by atoms with Crippen LogP contribution in [0.3, 0.4) is 0 Å². The van der Waals surface area contributed by atoms with Crippen molar-refractivity contribution in [3.05, 3.63) is 113 Å². The first-order chi connectivity index (χ1) is 28.3. The lowest BCUT2D eigenvalue weighted by Gasteiger charge is -2.22. The molecule has 3 heterocycles. The SMILES string of the molecule is CN(/N=C/c1ccc(F)cc1)C1=NS(=O)(=O)c2cc(B(O)O)ccc21.COc1cc(/C=N/N(C)C2=NS(=O)(=O)c3cc(B4OC(=O)CN(C)CC(=O)O4)ccc32)ccc1F. The van der Waals surface area contributed by atoms with Gasteiger partial charge in [0.2, 0.25) is 0 Å². The number of hydrazone groups is 2. The molecule has 0 bridgehead atoms. The third-order valence-corrected chi connectivity index (χ3v) is 11.3. The fourth-order valence-corrected chi connectivity index (χ4v) is 8.29. The fourth-order valence-electron chi connectivity index (χ4n) is 5.76. The molecule has 0 unspecified atom stereocenters. The Kier molecular flexibility index (Phi) is 12.6. The monoisotopic (exact) mass is 863 g/mol. The second-order valence-electron chi connectivity index (χ2n) is 13.1. The summed E-state index contributed by atoms with van der Waals surface area (Å²) in [6.07, 6.45) is 2.84. The highest BCUT2D eigenvalue weighted by atomic mass is 32.2. The van der Waals surface area contributed by atoms with E-state index >= 15 is 0 Å². The van der Waals surface area contributed by atoms with Crippen LogP contribution in [-0.4, -0.2) is 133 Å². The first kappa shape index (κ1) is 43.3. The molecule has 0 radical (unpaired) electrons. The molecule has 0 aliphatic carbocycles. The lowest BCUT2D eigenvalue weighted by Crippen LogP contribution is -2.48. The molecule has 60 heavy (non-hydrogen) atoms. The largest absolute Gasteiger partial charge is 0.636 e. The van der Waals surface area contributed by atoms with E-state index in [-0.39, 0.29) is 62.6 Å². The van der Waals surface area contributed by atoms with Crippen LogP contribution in [-0.2, 0) is 38.9 Å². The molecule has 7 rings (SSSR count). The average molecular weight is 863 g/mol. The number of carbonyl (C=O) groups excluding carboxylic acids is 2. The Morgan fingerprint density at radius 3 is 1.85 bits per heavy atom. The van der Waals surface area contributed by atoms with Crippen LogP contribution in [0.15, 0.2) is 108 Å². The number of rotatable bonds is 7. The highest BCUT2D eigenvalue weighted by Crippen LogP contribution is 2.28. The Hall–Kier alpha value is -6.33. The first-order valence-corrected chi connectivity index (χ1v) is 20.3. The molecule has 3 aliphatic heterocycles. The second kappa shape index (κ2) is 17.5. The van der Waals surface area contributed by atoms with Crippen molar-refractivity contribution in [2.45, 2.75) is 9.79 Å². The van der Waals surface area contributed by atoms with E-state index in [1.807, 2.05) is 0 Å². The summed E-state index contributed by atoms with van der Waals surface area (Å²) in [4.78, 5) is 25.3. The smallest absolute Gasteiger partial charge is 0.494 e. The van der Waals surface area contributed by atoms with Gasteiger partial charge in [-0.2, -0.15) is 27.0 Å². The van der Waals surface area contributed by atoms with Crippen LogP contribution >= 0.6 is 0 Å². The standard InChI is InChI=1S/C21H20BFN4O7S.C15H13BFN3O4S/c1-26-11-19(28)33-22(34-20(29)12-26)14-5-6-15-18(9-14)35(30,31)25-21(15)27(2)24-10-13-4-7-16(23)17(8-13)32-3;1-20(18-9-10-2-5-12(17)6-3-10)15-13-7-4-11(16(21)22)8-14(13)25(23,24)19-15/h4-10H,11-12H2,1-3H3;2-9,21-22H,1H3/b24-10+;18-9+. The molecule has 1 saturated heterocycles. The van der Waals surface area contributed by atoms with Gasteiger partial charge in [0.15, 0.2) is 23.2 Å². The van der Waals surface area contributed by atoms with Gasteiger partial charge in [0.1, 0.15) is 15.6 Å². The number of fused-ring (bicyclic) bond motifs is 2. The predicted molar refractivity (Wildman–Crippen MR) is 215 cm³/mol. The van der Waals surface area contributed by atoms with E-state index in [0.717, 1.165) is 0 Å². The zero-order valence-corrected chi connectivity index (χ0v) is 33.6. The Labute approximate surface area is 343 Å². The number of benzene rings is 4. The van der Waals surface area contributed by atoms with Gasteiger partial charge in [-0.15, -0.1) is 8.80 Å². The molecular weight excluding hydrogens is 830 g/mol. The van der Waals surface area contributed by atoms with Crippen LogP contribution in [0.5, 0.6) is 5.75 Å². The summed E-state index contributed by atoms with van der Waals surface area (Å²) in [6.45, 7) is -0.240. The van der Waals surface area contributed by atoms with E-state index in [0.29, 0.717) is 16.7 Å². The Bertz CT molecular complexity index is 2680. The molecule has 1 fully saturated rings. The van der Waals surface area contributed by atoms with Gasteiger partial charge in [-0.1, -0.05) is 42.5 Å². The van der Waals surface area contributed by atoms with Crippen molar-refractivity contribution >= 4 is 81.2 Å². The molecule has 2 N–H and O–H groups in total. The van der Waals surface area contributed by atoms with E-state index in [9.17, 15) is 45.3 Å². The number of hydrogen-bond acceptors (Lipinski definition) is 16. The van der Waals surface area contributed by atoms with Crippen LogP contribution in [0.25, 0.3) is 0 Å². The fraction of sp³-hybridized carbons (Fsp3) is 0.167. The minimum absolute atomic E-state index is 0.0394. The van der Waals surface area contributed by atoms with Crippen LogP contribution < -0.4 is 15.7 Å². The molecule has 3 aliphatic rings. The number of sulfonamides is 2. The molecule has 0 aromatic heterocycles. The number of carbonyl (C=O) groups is 2. The van der Waals surface area contributed by atoms with Crippen LogP contribution in [0, 0.1) is 11.6 Å². The van der Waals surface area contributed by atoms with Gasteiger partial charge in [-0.3, -0.25) is 14.5 Å². The maximum atomic E-state index is 13.6. The van der Waals surface area contributed by atoms with Gasteiger partial charge in [-0.25, -0.2) is 18.8 Å². The third-order valence-electron chi connectivity index (χ3n) is 8.73. The highest BCUT2D eigenvalue weighted by Gasteiger charge is 2.38. The Morgan fingerprint density at radius 1 is 0.783 bits per heavy atom. The van der Waals surface area contributed by atoms with Crippen molar-refractivity contribution in [2.24, 2.45) is 19.0 Å². The Balaban J connectivity index is 0.000000213. The van der Waals surface area contributed by atoms with Crippen molar-refractivity contribution < 1.29 is 59.3 Å². The first-order valence-electron chi connectivity index (χ1n) is 17.4. The van der Waals surface area contributed by atoms with Crippen molar-refractivity contribution in [2.75, 3.05) is 41.3 Å². The summed E-state index contributed by atoms with van der Waals surface area (Å²) >= 11 is 0. The van der Waals surface area contributed by atoms with Gasteiger partial charge in [-0.05, 0) is 60.0 Å². The summed E-state index contributed by atoms with van der Waals surface area (Å²) in [6, 6.07) is 18.0. The van der Waals surface area contributed by atoms with Crippen molar-refractivity contribution in [1.82, 2.24) is 14.9 Å². The summed E-state index contributed by atoms with van der Waals surface area (Å²) in [7, 11) is -5.28. The minimum Gasteiger partial charge on any atom is -0.494 e. The van der Waals surface area contributed by atoms with E-state index in [2.05, 4.69) is 19.0 Å². The lowest BCUT2D eigenvalue weighted by molar-refractivity contribution is -0.145. The molecule has 0 spiro atoms. The maximum Gasteiger partial charge on any atom is 0.636 e. The summed E-state index contributed by atoms with van der Waals surface area (Å²) < 4.78 is 99.2. The van der Waals surface area contributed by atoms with E-state index in [4.69, 9.17) is 14.0 Å². The van der Waals surface area contributed by atoms with Crippen molar-refractivity contribution in [3.63, 3.8) is 0 Å². The quantitative estimate of drug-likeness (QED) is 0.141. The summed E-state index contributed by atoms with van der Waals surface area (Å²) in [5.74, 6) is -1.96. The Morgan fingerprint density at radius 2 is 1.30 bits per heavy atom. The van der Waals surface area contributed by atoms with Crippen molar-refractivity contribution in [1.29, 1.82) is 0 Å². The third kappa shape index (κ3) is 9.75. The van der Waals surface area contributed by atoms with E-state index in [1.54, 1.807) is 7.05 Å². The number of amidine groups is 2. The predicted octanol–water partition coefficient (Wildman–Crippen LogP) is -0.104. The second-order valence-corrected chi connectivity index (χ2v) is 16.3. The van der Waals surface area contributed by atoms with Crippen LogP contribution in [0.2, 0.25) is 0 Å². The van der Waals surface area contributed by atoms with Crippen LogP contribution in [0.4, 0.5) is 8.78 Å². The molecule has 24 heteroatoms. The van der Waals surface area contributed by atoms with E-state index < -0.39 is 52.0 Å². The number of ether oxygens (including phenoxy) is 1. The molecule has 0 atom stereocenters. The molecule has 0 amide bonds. The summed E-state index contributed by atoms with van der Waals surface area (Å²) in [5, 5.41) is 29.2. The maximum absolute atomic E-state index is 13.6. The number of halogens is 2.